The van der Waals surface area contributed by atoms with Crippen LogP contribution < -0.4 is 5.11 Å². The monoisotopic (exact) mass is 189 g/mol. The molecule has 2 atom stereocenters. The van der Waals surface area contributed by atoms with E-state index in [1.54, 1.807) is 0 Å². The van der Waals surface area contributed by atoms with E-state index in [4.69, 9.17) is 34.8 Å². The van der Waals surface area contributed by atoms with Crippen molar-refractivity contribution >= 4 is 40.8 Å². The highest BCUT2D eigenvalue weighted by molar-refractivity contribution is 6.38. The molecule has 0 aliphatic carbocycles. The van der Waals surface area contributed by atoms with Crippen LogP contribution in [0, 0.1) is 0 Å². The Morgan fingerprint density at radius 2 is 2.00 bits per heavy atom. The average Bonchev–Trinajstić information content (AvgIpc) is 1.84. The van der Waals surface area contributed by atoms with Crippen molar-refractivity contribution in [2.24, 2.45) is 0 Å². The number of carbonyl (C=O) groups excluding carboxylic acids is 1. The van der Waals surface area contributed by atoms with Gasteiger partial charge < -0.3 is 9.90 Å². The number of rotatable bonds is 3. The van der Waals surface area contributed by atoms with Gasteiger partial charge in [-0.1, -0.05) is 0 Å². The van der Waals surface area contributed by atoms with E-state index in [-0.39, 0.29) is 5.88 Å². The minimum Gasteiger partial charge on any atom is -0.548 e. The number of alkyl halides is 3. The Morgan fingerprint density at radius 1 is 1.56 bits per heavy atom. The molecule has 9 heavy (non-hydrogen) atoms. The first kappa shape index (κ1) is 9.34. The van der Waals surface area contributed by atoms with Crippen LogP contribution in [0.2, 0.25) is 0 Å². The summed E-state index contributed by atoms with van der Waals surface area (Å²) in [6, 6.07) is 0. The predicted molar refractivity (Wildman–Crippen MR) is 35.0 cm³/mol. The Labute approximate surface area is 67.7 Å². The molecular formula is C4H4Cl3O2-. The molecule has 0 fully saturated rings. The summed E-state index contributed by atoms with van der Waals surface area (Å²) in [5.41, 5.74) is 0. The van der Waals surface area contributed by atoms with Crippen molar-refractivity contribution in [2.45, 2.75) is 10.8 Å². The first-order chi connectivity index (χ1) is 4.09. The zero-order valence-corrected chi connectivity index (χ0v) is 6.58. The molecule has 0 aromatic rings. The van der Waals surface area contributed by atoms with Gasteiger partial charge in [-0.3, -0.25) is 0 Å². The van der Waals surface area contributed by atoms with Crippen molar-refractivity contribution in [2.75, 3.05) is 5.88 Å². The van der Waals surface area contributed by atoms with Crippen molar-refractivity contribution < 1.29 is 9.90 Å². The van der Waals surface area contributed by atoms with Crippen molar-refractivity contribution in [3.05, 3.63) is 0 Å². The maximum Gasteiger partial charge on any atom is 0.0905 e. The van der Waals surface area contributed by atoms with Crippen molar-refractivity contribution in [1.82, 2.24) is 0 Å². The van der Waals surface area contributed by atoms with Crippen LogP contribution in [-0.2, 0) is 4.79 Å². The van der Waals surface area contributed by atoms with E-state index in [0.717, 1.165) is 0 Å². The van der Waals surface area contributed by atoms with Crippen molar-refractivity contribution in [1.29, 1.82) is 0 Å². The smallest absolute Gasteiger partial charge is 0.0905 e. The average molecular weight is 190 g/mol. The lowest BCUT2D eigenvalue weighted by molar-refractivity contribution is -0.304. The predicted octanol–water partition coefficient (Wildman–Crippen LogP) is 0.190. The van der Waals surface area contributed by atoms with Gasteiger partial charge in [0.2, 0.25) is 0 Å². The lowest BCUT2D eigenvalue weighted by Crippen LogP contribution is -2.38. The zero-order valence-electron chi connectivity index (χ0n) is 4.31. The summed E-state index contributed by atoms with van der Waals surface area (Å²) < 4.78 is 0. The Bertz CT molecular complexity index is 106. The fourth-order valence-corrected chi connectivity index (χ4v) is 0.687. The molecular weight excluding hydrogens is 186 g/mol. The normalized spacial score (nSPS) is 16.8. The van der Waals surface area contributed by atoms with E-state index in [2.05, 4.69) is 0 Å². The molecule has 0 rings (SSSR count). The van der Waals surface area contributed by atoms with Gasteiger partial charge in [-0.15, -0.1) is 34.8 Å². The molecule has 2 unspecified atom stereocenters. The minimum atomic E-state index is -1.39. The maximum atomic E-state index is 9.91. The van der Waals surface area contributed by atoms with Gasteiger partial charge in [-0.05, 0) is 0 Å². The van der Waals surface area contributed by atoms with Gasteiger partial charge >= 0.3 is 0 Å². The van der Waals surface area contributed by atoms with Gasteiger partial charge in [0.15, 0.2) is 0 Å². The largest absolute Gasteiger partial charge is 0.548 e. The number of carboxylic acids is 1. The molecule has 0 radical (unpaired) electrons. The SMILES string of the molecule is O=C([O-])C(Cl)C(Cl)CCl. The quantitative estimate of drug-likeness (QED) is 0.596. The van der Waals surface area contributed by atoms with Crippen LogP contribution in [0.1, 0.15) is 0 Å². The van der Waals surface area contributed by atoms with E-state index < -0.39 is 16.7 Å². The fraction of sp³-hybridized carbons (Fsp3) is 0.750. The lowest BCUT2D eigenvalue weighted by atomic mass is 10.3. The van der Waals surface area contributed by atoms with Gasteiger partial charge in [-0.2, -0.15) is 0 Å². The van der Waals surface area contributed by atoms with Gasteiger partial charge in [0.1, 0.15) is 0 Å². The van der Waals surface area contributed by atoms with Gasteiger partial charge in [0.05, 0.1) is 16.7 Å². The molecule has 5 heteroatoms. The summed E-state index contributed by atoms with van der Waals surface area (Å²) in [5.74, 6) is -1.39. The van der Waals surface area contributed by atoms with Crippen LogP contribution in [0.4, 0.5) is 0 Å². The molecule has 54 valence electrons. The second kappa shape index (κ2) is 4.20. The van der Waals surface area contributed by atoms with Crippen LogP contribution >= 0.6 is 34.8 Å². The van der Waals surface area contributed by atoms with E-state index >= 15 is 0 Å². The fourth-order valence-electron chi connectivity index (χ4n) is 0.226. The molecule has 0 heterocycles. The van der Waals surface area contributed by atoms with Crippen molar-refractivity contribution in [3.8, 4) is 0 Å². The summed E-state index contributed by atoms with van der Waals surface area (Å²) >= 11 is 15.7. The Kier molecular flexibility index (Phi) is 4.36. The first-order valence-electron chi connectivity index (χ1n) is 2.14. The lowest BCUT2D eigenvalue weighted by Gasteiger charge is -2.13. The highest BCUT2D eigenvalue weighted by Crippen LogP contribution is 2.10. The molecule has 0 saturated carbocycles. The standard InChI is InChI=1S/C4H5Cl3O2/c5-1-2(6)3(7)4(8)9/h2-3H,1H2,(H,8,9)/p-1. The third-order valence-electron chi connectivity index (χ3n) is 0.690. The molecule has 0 aliphatic rings. The summed E-state index contributed by atoms with van der Waals surface area (Å²) in [7, 11) is 0. The van der Waals surface area contributed by atoms with Crippen LogP contribution in [0.15, 0.2) is 0 Å². The molecule has 0 aliphatic heterocycles. The van der Waals surface area contributed by atoms with E-state index in [1.165, 1.54) is 0 Å². The highest BCUT2D eigenvalue weighted by Gasteiger charge is 2.15. The number of halogens is 3. The van der Waals surface area contributed by atoms with Crippen molar-refractivity contribution in [3.63, 3.8) is 0 Å². The molecule has 0 amide bonds. The molecule has 0 bridgehead atoms. The summed E-state index contributed by atoms with van der Waals surface area (Å²) in [5, 5.41) is 7.94. The molecule has 0 saturated heterocycles. The Morgan fingerprint density at radius 3 is 2.11 bits per heavy atom. The van der Waals surface area contributed by atoms with Gasteiger partial charge in [0, 0.05) is 5.88 Å². The second-order valence-electron chi connectivity index (χ2n) is 1.39. The third-order valence-corrected chi connectivity index (χ3v) is 2.20. The number of hydrogen-bond acceptors (Lipinski definition) is 2. The van der Waals surface area contributed by atoms with E-state index in [1.807, 2.05) is 0 Å². The number of carboxylic acid groups (broad SMARTS) is 1. The summed E-state index contributed by atoms with van der Waals surface area (Å²) in [6.07, 6.45) is 0. The topological polar surface area (TPSA) is 40.1 Å². The second-order valence-corrected chi connectivity index (χ2v) is 2.73. The van der Waals surface area contributed by atoms with Crippen LogP contribution in [0.25, 0.3) is 0 Å². The van der Waals surface area contributed by atoms with Crippen LogP contribution in [0.3, 0.4) is 0 Å². The van der Waals surface area contributed by atoms with Crippen LogP contribution in [0.5, 0.6) is 0 Å². The number of hydrogen-bond donors (Lipinski definition) is 0. The Hall–Kier alpha value is 0.340. The van der Waals surface area contributed by atoms with E-state index in [9.17, 15) is 9.90 Å². The molecule has 0 N–H and O–H groups in total. The first-order valence-corrected chi connectivity index (χ1v) is 3.55. The van der Waals surface area contributed by atoms with Crippen LogP contribution in [-0.4, -0.2) is 22.6 Å². The van der Waals surface area contributed by atoms with Gasteiger partial charge in [-0.25, -0.2) is 0 Å². The number of carbonyl (C=O) groups is 1. The third kappa shape index (κ3) is 3.14. The molecule has 2 nitrogen and oxygen atoms in total. The molecule has 0 aromatic carbocycles. The summed E-state index contributed by atoms with van der Waals surface area (Å²) in [6.45, 7) is 0. The maximum absolute atomic E-state index is 9.91. The molecule has 0 spiro atoms. The minimum absolute atomic E-state index is 0.00367. The highest BCUT2D eigenvalue weighted by atomic mass is 35.5. The van der Waals surface area contributed by atoms with Gasteiger partial charge in [0.25, 0.3) is 0 Å². The summed E-state index contributed by atoms with van der Waals surface area (Å²) in [4.78, 5) is 9.91. The Balaban J connectivity index is 3.72. The van der Waals surface area contributed by atoms with E-state index in [0.29, 0.717) is 0 Å². The molecule has 0 aromatic heterocycles. The number of aliphatic carboxylic acids is 1. The zero-order chi connectivity index (χ0) is 7.44.